The van der Waals surface area contributed by atoms with E-state index in [4.69, 9.17) is 0 Å². The first-order valence-corrected chi connectivity index (χ1v) is 7.17. The molecule has 1 amide bonds. The third-order valence-electron chi connectivity index (χ3n) is 3.19. The minimum absolute atomic E-state index is 0.0958. The van der Waals surface area contributed by atoms with Gasteiger partial charge >= 0.3 is 0 Å². The molecule has 4 nitrogen and oxygen atoms in total. The SMILES string of the molecule is CCCN1CCC(NCC(=O)NC(C)(C)C)CC1. The minimum Gasteiger partial charge on any atom is -0.350 e. The summed E-state index contributed by atoms with van der Waals surface area (Å²) >= 11 is 0. The second kappa shape index (κ2) is 7.10. The molecular formula is C14H29N3O. The Morgan fingerprint density at radius 2 is 1.89 bits per heavy atom. The van der Waals surface area contributed by atoms with Gasteiger partial charge in [0.2, 0.25) is 5.91 Å². The van der Waals surface area contributed by atoms with Gasteiger partial charge in [-0.2, -0.15) is 0 Å². The van der Waals surface area contributed by atoms with Crippen LogP contribution >= 0.6 is 0 Å². The highest BCUT2D eigenvalue weighted by molar-refractivity contribution is 5.78. The van der Waals surface area contributed by atoms with Gasteiger partial charge in [0.15, 0.2) is 0 Å². The fraction of sp³-hybridized carbons (Fsp3) is 0.929. The number of amides is 1. The van der Waals surface area contributed by atoms with Crippen molar-refractivity contribution in [2.75, 3.05) is 26.2 Å². The van der Waals surface area contributed by atoms with Crippen LogP contribution in [0.5, 0.6) is 0 Å². The van der Waals surface area contributed by atoms with E-state index in [1.807, 2.05) is 20.8 Å². The van der Waals surface area contributed by atoms with Crippen LogP contribution in [0.4, 0.5) is 0 Å². The Morgan fingerprint density at radius 3 is 2.39 bits per heavy atom. The van der Waals surface area contributed by atoms with Crippen molar-refractivity contribution in [3.05, 3.63) is 0 Å². The zero-order valence-corrected chi connectivity index (χ0v) is 12.4. The molecule has 1 saturated heterocycles. The van der Waals surface area contributed by atoms with Gasteiger partial charge in [-0.1, -0.05) is 6.92 Å². The molecule has 0 aromatic heterocycles. The first-order chi connectivity index (χ1) is 8.40. The summed E-state index contributed by atoms with van der Waals surface area (Å²) in [4.78, 5) is 14.2. The molecule has 1 fully saturated rings. The normalized spacial score (nSPS) is 18.9. The average molecular weight is 255 g/mol. The molecule has 1 aliphatic rings. The molecule has 0 radical (unpaired) electrons. The van der Waals surface area contributed by atoms with E-state index < -0.39 is 0 Å². The standard InChI is InChI=1S/C14H29N3O/c1-5-8-17-9-6-12(7-10-17)15-11-13(18)16-14(2,3)4/h12,15H,5-11H2,1-4H3,(H,16,18). The lowest BCUT2D eigenvalue weighted by atomic mass is 10.0. The molecule has 0 atom stereocenters. The number of hydrogen-bond donors (Lipinski definition) is 2. The quantitative estimate of drug-likeness (QED) is 0.780. The summed E-state index contributed by atoms with van der Waals surface area (Å²) < 4.78 is 0. The molecule has 18 heavy (non-hydrogen) atoms. The first-order valence-electron chi connectivity index (χ1n) is 7.17. The Labute approximate surface area is 111 Å². The van der Waals surface area contributed by atoms with Crippen molar-refractivity contribution in [2.24, 2.45) is 0 Å². The van der Waals surface area contributed by atoms with E-state index >= 15 is 0 Å². The van der Waals surface area contributed by atoms with Gasteiger partial charge < -0.3 is 15.5 Å². The van der Waals surface area contributed by atoms with E-state index in [2.05, 4.69) is 22.5 Å². The largest absolute Gasteiger partial charge is 0.350 e. The molecule has 106 valence electrons. The highest BCUT2D eigenvalue weighted by Gasteiger charge is 2.19. The maximum atomic E-state index is 11.7. The van der Waals surface area contributed by atoms with Crippen molar-refractivity contribution in [1.82, 2.24) is 15.5 Å². The van der Waals surface area contributed by atoms with E-state index in [0.717, 1.165) is 25.9 Å². The van der Waals surface area contributed by atoms with Crippen molar-refractivity contribution in [1.29, 1.82) is 0 Å². The van der Waals surface area contributed by atoms with Crippen LogP contribution in [-0.2, 0) is 4.79 Å². The van der Waals surface area contributed by atoms with Crippen molar-refractivity contribution in [2.45, 2.75) is 58.5 Å². The van der Waals surface area contributed by atoms with Crippen LogP contribution in [0.25, 0.3) is 0 Å². The van der Waals surface area contributed by atoms with Gasteiger partial charge in [-0.25, -0.2) is 0 Å². The molecule has 0 aromatic carbocycles. The Kier molecular flexibility index (Phi) is 6.09. The lowest BCUT2D eigenvalue weighted by molar-refractivity contribution is -0.121. The van der Waals surface area contributed by atoms with Crippen LogP contribution in [0.15, 0.2) is 0 Å². The van der Waals surface area contributed by atoms with Crippen LogP contribution < -0.4 is 10.6 Å². The van der Waals surface area contributed by atoms with Crippen LogP contribution in [0.2, 0.25) is 0 Å². The number of carbonyl (C=O) groups excluding carboxylic acids is 1. The molecule has 4 heteroatoms. The molecule has 0 aromatic rings. The minimum atomic E-state index is -0.136. The van der Waals surface area contributed by atoms with Gasteiger partial charge in [-0.3, -0.25) is 4.79 Å². The number of likely N-dealkylation sites (tertiary alicyclic amines) is 1. The second-order valence-corrected chi connectivity index (χ2v) is 6.29. The number of carbonyl (C=O) groups is 1. The molecule has 1 aliphatic heterocycles. The highest BCUT2D eigenvalue weighted by Crippen LogP contribution is 2.10. The van der Waals surface area contributed by atoms with E-state index in [0.29, 0.717) is 12.6 Å². The molecule has 0 aliphatic carbocycles. The summed E-state index contributed by atoms with van der Waals surface area (Å²) in [5, 5.41) is 6.34. The van der Waals surface area contributed by atoms with E-state index in [9.17, 15) is 4.79 Å². The van der Waals surface area contributed by atoms with Gasteiger partial charge in [-0.15, -0.1) is 0 Å². The lowest BCUT2D eigenvalue weighted by Gasteiger charge is -2.32. The van der Waals surface area contributed by atoms with Crippen LogP contribution in [0.1, 0.15) is 47.0 Å². The van der Waals surface area contributed by atoms with Crippen LogP contribution in [-0.4, -0.2) is 48.6 Å². The summed E-state index contributed by atoms with van der Waals surface area (Å²) in [6.45, 7) is 12.2. The lowest BCUT2D eigenvalue weighted by Crippen LogP contribution is -2.49. The van der Waals surface area contributed by atoms with Gasteiger partial charge in [0.05, 0.1) is 6.54 Å². The first kappa shape index (κ1) is 15.4. The predicted molar refractivity (Wildman–Crippen MR) is 75.7 cm³/mol. The van der Waals surface area contributed by atoms with Gasteiger partial charge in [-0.05, 0) is 59.7 Å². The summed E-state index contributed by atoms with van der Waals surface area (Å²) in [7, 11) is 0. The fourth-order valence-electron chi connectivity index (χ4n) is 2.38. The highest BCUT2D eigenvalue weighted by atomic mass is 16.2. The number of nitrogens with zero attached hydrogens (tertiary/aromatic N) is 1. The Bertz CT molecular complexity index is 252. The second-order valence-electron chi connectivity index (χ2n) is 6.29. The van der Waals surface area contributed by atoms with Crippen LogP contribution in [0, 0.1) is 0 Å². The zero-order chi connectivity index (χ0) is 13.6. The molecule has 1 heterocycles. The molecule has 2 N–H and O–H groups in total. The molecule has 0 bridgehead atoms. The third kappa shape index (κ3) is 6.36. The van der Waals surface area contributed by atoms with Gasteiger partial charge in [0.1, 0.15) is 0 Å². The molecule has 0 spiro atoms. The third-order valence-corrected chi connectivity index (χ3v) is 3.19. The fourth-order valence-corrected chi connectivity index (χ4v) is 2.38. The zero-order valence-electron chi connectivity index (χ0n) is 12.4. The average Bonchev–Trinajstić information content (AvgIpc) is 2.26. The van der Waals surface area contributed by atoms with Crippen molar-refractivity contribution < 1.29 is 4.79 Å². The Morgan fingerprint density at radius 1 is 1.28 bits per heavy atom. The summed E-state index contributed by atoms with van der Waals surface area (Å²) in [6.07, 6.45) is 3.54. The molecule has 0 saturated carbocycles. The number of nitrogens with one attached hydrogen (secondary N) is 2. The van der Waals surface area contributed by atoms with Gasteiger partial charge in [0.25, 0.3) is 0 Å². The molecule has 1 rings (SSSR count). The molecule has 0 unspecified atom stereocenters. The Hall–Kier alpha value is -0.610. The van der Waals surface area contributed by atoms with Gasteiger partial charge in [0, 0.05) is 11.6 Å². The van der Waals surface area contributed by atoms with E-state index in [-0.39, 0.29) is 11.4 Å². The maximum absolute atomic E-state index is 11.7. The number of piperidine rings is 1. The van der Waals surface area contributed by atoms with Crippen LogP contribution in [0.3, 0.4) is 0 Å². The topological polar surface area (TPSA) is 44.4 Å². The van der Waals surface area contributed by atoms with Crippen molar-refractivity contribution in [3.63, 3.8) is 0 Å². The number of hydrogen-bond acceptors (Lipinski definition) is 3. The van der Waals surface area contributed by atoms with Crippen molar-refractivity contribution >= 4 is 5.91 Å². The Balaban J connectivity index is 2.16. The predicted octanol–water partition coefficient (Wildman–Crippen LogP) is 1.37. The summed E-state index contributed by atoms with van der Waals surface area (Å²) in [6, 6.07) is 0.504. The monoisotopic (exact) mass is 255 g/mol. The van der Waals surface area contributed by atoms with Crippen molar-refractivity contribution in [3.8, 4) is 0 Å². The van der Waals surface area contributed by atoms with E-state index in [1.165, 1.54) is 13.0 Å². The summed E-state index contributed by atoms with van der Waals surface area (Å²) in [5.74, 6) is 0.0958. The smallest absolute Gasteiger partial charge is 0.234 e. The molecular weight excluding hydrogens is 226 g/mol. The van der Waals surface area contributed by atoms with E-state index in [1.54, 1.807) is 0 Å². The summed E-state index contributed by atoms with van der Waals surface area (Å²) in [5.41, 5.74) is -0.136. The number of rotatable bonds is 5. The maximum Gasteiger partial charge on any atom is 0.234 e.